The lowest BCUT2D eigenvalue weighted by Gasteiger charge is -2.35. The van der Waals surface area contributed by atoms with E-state index in [0.29, 0.717) is 22.8 Å². The molecule has 0 heterocycles. The number of hydrogen-bond acceptors (Lipinski definition) is 3. The summed E-state index contributed by atoms with van der Waals surface area (Å²) in [5.41, 5.74) is 6.72. The molecule has 0 aromatic heterocycles. The van der Waals surface area contributed by atoms with Crippen LogP contribution in [0.4, 0.5) is 5.69 Å². The first-order valence-electron chi connectivity index (χ1n) is 6.95. The van der Waals surface area contributed by atoms with Crippen molar-refractivity contribution < 1.29 is 4.79 Å². The number of nitrogens with two attached hydrogens (primary N) is 1. The normalized spacial score (nSPS) is 17.7. The zero-order chi connectivity index (χ0) is 14.6. The molecule has 0 radical (unpaired) electrons. The van der Waals surface area contributed by atoms with Crippen molar-refractivity contribution in [2.45, 2.75) is 36.9 Å². The number of thioether (sulfide) groups is 1. The van der Waals surface area contributed by atoms with E-state index in [4.69, 9.17) is 17.3 Å². The molecule has 1 amide bonds. The van der Waals surface area contributed by atoms with Crippen LogP contribution in [-0.2, 0) is 0 Å². The maximum Gasteiger partial charge on any atom is 0.252 e. The lowest BCUT2D eigenvalue weighted by Crippen LogP contribution is -2.41. The van der Waals surface area contributed by atoms with Gasteiger partial charge in [-0.1, -0.05) is 30.9 Å². The van der Waals surface area contributed by atoms with Crippen LogP contribution in [0, 0.1) is 0 Å². The Hall–Kier alpha value is -0.870. The summed E-state index contributed by atoms with van der Waals surface area (Å²) in [6.07, 6.45) is 8.26. The van der Waals surface area contributed by atoms with Crippen molar-refractivity contribution in [1.82, 2.24) is 5.32 Å². The fourth-order valence-electron chi connectivity index (χ4n) is 2.70. The molecule has 3 nitrogen and oxygen atoms in total. The molecule has 110 valence electrons. The van der Waals surface area contributed by atoms with Gasteiger partial charge in [0, 0.05) is 17.0 Å². The van der Waals surface area contributed by atoms with Crippen LogP contribution in [-0.4, -0.2) is 23.5 Å². The van der Waals surface area contributed by atoms with Crippen LogP contribution in [0.15, 0.2) is 18.2 Å². The first-order valence-corrected chi connectivity index (χ1v) is 8.55. The molecule has 0 unspecified atom stereocenters. The summed E-state index contributed by atoms with van der Waals surface area (Å²) >= 11 is 7.92. The van der Waals surface area contributed by atoms with Crippen LogP contribution < -0.4 is 11.1 Å². The maximum atomic E-state index is 12.3. The van der Waals surface area contributed by atoms with E-state index in [-0.39, 0.29) is 10.7 Å². The van der Waals surface area contributed by atoms with E-state index in [2.05, 4.69) is 11.6 Å². The van der Waals surface area contributed by atoms with Crippen molar-refractivity contribution in [2.75, 3.05) is 18.5 Å². The molecule has 1 aromatic rings. The van der Waals surface area contributed by atoms with E-state index in [0.717, 1.165) is 0 Å². The lowest BCUT2D eigenvalue weighted by molar-refractivity contribution is 0.0947. The molecule has 2 rings (SSSR count). The van der Waals surface area contributed by atoms with E-state index in [1.54, 1.807) is 18.2 Å². The predicted octanol–water partition coefficient (Wildman–Crippen LogP) is 3.72. The minimum absolute atomic E-state index is 0.138. The maximum absolute atomic E-state index is 12.3. The molecule has 1 saturated carbocycles. The highest BCUT2D eigenvalue weighted by molar-refractivity contribution is 8.00. The Labute approximate surface area is 129 Å². The molecule has 1 aliphatic rings. The monoisotopic (exact) mass is 312 g/mol. The standard InChI is InChI=1S/C15H21ClN2OS/c1-20-15(7-3-2-4-8-15)10-18-14(19)12-9-11(17)5-6-13(12)16/h5-6,9H,2-4,7-8,10,17H2,1H3,(H,18,19). The van der Waals surface area contributed by atoms with Gasteiger partial charge in [-0.15, -0.1) is 0 Å². The second-order valence-corrected chi connectivity index (χ2v) is 7.05. The highest BCUT2D eigenvalue weighted by Gasteiger charge is 2.31. The highest BCUT2D eigenvalue weighted by atomic mass is 35.5. The highest BCUT2D eigenvalue weighted by Crippen LogP contribution is 2.38. The summed E-state index contributed by atoms with van der Waals surface area (Å²) in [6.45, 7) is 0.693. The van der Waals surface area contributed by atoms with Gasteiger partial charge in [0.15, 0.2) is 0 Å². The number of carbonyl (C=O) groups excluding carboxylic acids is 1. The van der Waals surface area contributed by atoms with Gasteiger partial charge < -0.3 is 11.1 Å². The van der Waals surface area contributed by atoms with Crippen molar-refractivity contribution in [3.63, 3.8) is 0 Å². The van der Waals surface area contributed by atoms with Crippen molar-refractivity contribution >= 4 is 35.0 Å². The summed E-state index contributed by atoms with van der Waals surface area (Å²) in [4.78, 5) is 12.3. The fourth-order valence-corrected chi connectivity index (χ4v) is 3.82. The molecule has 3 N–H and O–H groups in total. The van der Waals surface area contributed by atoms with Gasteiger partial charge in [0.1, 0.15) is 0 Å². The summed E-state index contributed by atoms with van der Waals surface area (Å²) in [5, 5.41) is 3.47. The predicted molar refractivity (Wildman–Crippen MR) is 87.5 cm³/mol. The van der Waals surface area contributed by atoms with Gasteiger partial charge in [0.05, 0.1) is 10.6 Å². The molecule has 0 saturated heterocycles. The zero-order valence-corrected chi connectivity index (χ0v) is 13.3. The third-order valence-corrected chi connectivity index (χ3v) is 5.75. The van der Waals surface area contributed by atoms with E-state index in [1.807, 2.05) is 11.8 Å². The minimum atomic E-state index is -0.138. The number of carbonyl (C=O) groups is 1. The molecule has 0 bridgehead atoms. The minimum Gasteiger partial charge on any atom is -0.399 e. The van der Waals surface area contributed by atoms with Crippen molar-refractivity contribution in [1.29, 1.82) is 0 Å². The van der Waals surface area contributed by atoms with Crippen LogP contribution in [0.1, 0.15) is 42.5 Å². The Morgan fingerprint density at radius 3 is 2.75 bits per heavy atom. The summed E-state index contributed by atoms with van der Waals surface area (Å²) in [5.74, 6) is -0.138. The number of amides is 1. The average Bonchev–Trinajstić information content (AvgIpc) is 2.48. The molecule has 1 aromatic carbocycles. The Morgan fingerprint density at radius 1 is 1.40 bits per heavy atom. The van der Waals surface area contributed by atoms with Crippen LogP contribution in [0.3, 0.4) is 0 Å². The van der Waals surface area contributed by atoms with E-state index in [1.165, 1.54) is 32.1 Å². The Kier molecular flexibility index (Phi) is 5.22. The van der Waals surface area contributed by atoms with Crippen LogP contribution in [0.2, 0.25) is 5.02 Å². The van der Waals surface area contributed by atoms with Gasteiger partial charge in [-0.05, 0) is 37.3 Å². The van der Waals surface area contributed by atoms with Crippen molar-refractivity contribution in [3.8, 4) is 0 Å². The van der Waals surface area contributed by atoms with Gasteiger partial charge in [0.2, 0.25) is 0 Å². The smallest absolute Gasteiger partial charge is 0.252 e. The Morgan fingerprint density at radius 2 is 2.10 bits per heavy atom. The van der Waals surface area contributed by atoms with E-state index in [9.17, 15) is 4.79 Å². The first-order chi connectivity index (χ1) is 9.56. The second kappa shape index (κ2) is 6.72. The molecule has 1 fully saturated rings. The SMILES string of the molecule is CSC1(CNC(=O)c2cc(N)ccc2Cl)CCCCC1. The summed E-state index contributed by atoms with van der Waals surface area (Å²) in [6, 6.07) is 4.99. The number of hydrogen-bond donors (Lipinski definition) is 2. The zero-order valence-electron chi connectivity index (χ0n) is 11.7. The van der Waals surface area contributed by atoms with Gasteiger partial charge in [-0.2, -0.15) is 11.8 Å². The lowest BCUT2D eigenvalue weighted by atomic mass is 9.88. The third kappa shape index (κ3) is 3.61. The van der Waals surface area contributed by atoms with E-state index < -0.39 is 0 Å². The Balaban J connectivity index is 2.02. The van der Waals surface area contributed by atoms with Crippen LogP contribution in [0.25, 0.3) is 0 Å². The summed E-state index contributed by atoms with van der Waals surface area (Å²) in [7, 11) is 0. The van der Waals surface area contributed by atoms with Gasteiger partial charge >= 0.3 is 0 Å². The number of rotatable bonds is 4. The van der Waals surface area contributed by atoms with Crippen LogP contribution >= 0.6 is 23.4 Å². The Bertz CT molecular complexity index is 487. The number of anilines is 1. The summed E-state index contributed by atoms with van der Waals surface area (Å²) < 4.78 is 0.181. The topological polar surface area (TPSA) is 55.1 Å². The third-order valence-electron chi connectivity index (χ3n) is 4.00. The first kappa shape index (κ1) is 15.5. The molecule has 5 heteroatoms. The second-order valence-electron chi connectivity index (χ2n) is 5.37. The number of benzene rings is 1. The van der Waals surface area contributed by atoms with E-state index >= 15 is 0 Å². The van der Waals surface area contributed by atoms with Gasteiger partial charge in [0.25, 0.3) is 5.91 Å². The van der Waals surface area contributed by atoms with Crippen molar-refractivity contribution in [2.24, 2.45) is 0 Å². The molecule has 0 aliphatic heterocycles. The average molecular weight is 313 g/mol. The molecule has 20 heavy (non-hydrogen) atoms. The molecular weight excluding hydrogens is 292 g/mol. The van der Waals surface area contributed by atoms with Gasteiger partial charge in [-0.25, -0.2) is 0 Å². The fraction of sp³-hybridized carbons (Fsp3) is 0.533. The van der Waals surface area contributed by atoms with Gasteiger partial charge in [-0.3, -0.25) is 4.79 Å². The molecule has 1 aliphatic carbocycles. The molecule has 0 atom stereocenters. The number of halogens is 1. The van der Waals surface area contributed by atoms with Crippen LogP contribution in [0.5, 0.6) is 0 Å². The van der Waals surface area contributed by atoms with Crippen molar-refractivity contribution in [3.05, 3.63) is 28.8 Å². The quantitative estimate of drug-likeness (QED) is 0.833. The number of nitrogen functional groups attached to an aromatic ring is 1. The molecular formula is C15H21ClN2OS. The molecule has 0 spiro atoms. The largest absolute Gasteiger partial charge is 0.399 e. The number of nitrogens with one attached hydrogen (secondary N) is 1.